The Hall–Kier alpha value is -2.46. The molecule has 142 valence electrons. The Morgan fingerprint density at radius 2 is 1.86 bits per heavy atom. The van der Waals surface area contributed by atoms with Crippen molar-refractivity contribution in [3.05, 3.63) is 76.5 Å². The van der Waals surface area contributed by atoms with Gasteiger partial charge in [0.25, 0.3) is 0 Å². The number of benzene rings is 2. The first kappa shape index (κ1) is 18.9. The summed E-state index contributed by atoms with van der Waals surface area (Å²) in [4.78, 5) is 14.1. The summed E-state index contributed by atoms with van der Waals surface area (Å²) in [6, 6.07) is 17.4. The van der Waals surface area contributed by atoms with E-state index in [-0.39, 0.29) is 6.42 Å². The SMILES string of the molecule is O=C(Nc1ccccc1)C(Cc1cccs1)(c1ccc2nsnc2c1)S(=O)[O-]. The molecule has 4 rings (SSSR count). The molecule has 1 N–H and O–H groups in total. The summed E-state index contributed by atoms with van der Waals surface area (Å²) < 4.78 is 31.7. The molecular weight excluding hydrogens is 414 g/mol. The van der Waals surface area contributed by atoms with Gasteiger partial charge in [0.15, 0.2) is 0 Å². The molecule has 0 radical (unpaired) electrons. The maximum absolute atomic E-state index is 13.3. The minimum atomic E-state index is -2.73. The van der Waals surface area contributed by atoms with Crippen molar-refractivity contribution in [3.8, 4) is 0 Å². The van der Waals surface area contributed by atoms with E-state index in [9.17, 15) is 13.6 Å². The Balaban J connectivity index is 1.84. The molecule has 9 heteroatoms. The van der Waals surface area contributed by atoms with Crippen LogP contribution in [0.3, 0.4) is 0 Å². The number of hydrogen-bond donors (Lipinski definition) is 1. The number of para-hydroxylation sites is 1. The predicted octanol–water partition coefficient (Wildman–Crippen LogP) is 3.71. The molecule has 0 fully saturated rings. The van der Waals surface area contributed by atoms with Gasteiger partial charge in [0.1, 0.15) is 15.8 Å². The van der Waals surface area contributed by atoms with Gasteiger partial charge < -0.3 is 9.87 Å². The Morgan fingerprint density at radius 3 is 2.57 bits per heavy atom. The first-order valence-corrected chi connectivity index (χ1v) is 11.0. The van der Waals surface area contributed by atoms with Crippen molar-refractivity contribution in [1.29, 1.82) is 0 Å². The molecule has 0 aliphatic carbocycles. The first-order chi connectivity index (χ1) is 13.6. The average Bonchev–Trinajstić information content (AvgIpc) is 3.37. The van der Waals surface area contributed by atoms with E-state index in [1.807, 2.05) is 23.6 Å². The van der Waals surface area contributed by atoms with Crippen LogP contribution >= 0.6 is 23.1 Å². The lowest BCUT2D eigenvalue weighted by Crippen LogP contribution is -2.46. The zero-order chi connectivity index (χ0) is 19.6. The fourth-order valence-electron chi connectivity index (χ4n) is 2.99. The molecule has 2 atom stereocenters. The number of rotatable bonds is 6. The highest BCUT2D eigenvalue weighted by molar-refractivity contribution is 7.81. The van der Waals surface area contributed by atoms with E-state index in [1.54, 1.807) is 42.5 Å². The van der Waals surface area contributed by atoms with Gasteiger partial charge >= 0.3 is 0 Å². The van der Waals surface area contributed by atoms with Crippen LogP contribution in [0.1, 0.15) is 10.4 Å². The second-order valence-electron chi connectivity index (χ2n) is 6.11. The Morgan fingerprint density at radius 1 is 1.07 bits per heavy atom. The number of carbonyl (C=O) groups excluding carboxylic acids is 1. The van der Waals surface area contributed by atoms with Gasteiger partial charge in [-0.1, -0.05) is 30.3 Å². The molecule has 4 aromatic rings. The zero-order valence-electron chi connectivity index (χ0n) is 14.4. The van der Waals surface area contributed by atoms with Crippen LogP contribution in [0.25, 0.3) is 11.0 Å². The van der Waals surface area contributed by atoms with E-state index in [0.717, 1.165) is 16.6 Å². The summed E-state index contributed by atoms with van der Waals surface area (Å²) in [6.45, 7) is 0. The molecular formula is C19H14N3O3S3-. The summed E-state index contributed by atoms with van der Waals surface area (Å²) in [5, 5.41) is 4.61. The highest BCUT2D eigenvalue weighted by Crippen LogP contribution is 2.36. The van der Waals surface area contributed by atoms with Gasteiger partial charge in [0.2, 0.25) is 5.91 Å². The number of hydrogen-bond acceptors (Lipinski definition) is 7. The summed E-state index contributed by atoms with van der Waals surface area (Å²) in [7, 11) is 0. The van der Waals surface area contributed by atoms with Crippen molar-refractivity contribution in [2.24, 2.45) is 0 Å². The van der Waals surface area contributed by atoms with E-state index in [1.165, 1.54) is 11.3 Å². The first-order valence-electron chi connectivity index (χ1n) is 8.30. The van der Waals surface area contributed by atoms with Crippen LogP contribution in [0.15, 0.2) is 66.0 Å². The van der Waals surface area contributed by atoms with Crippen LogP contribution in [0.4, 0.5) is 5.69 Å². The maximum atomic E-state index is 13.3. The molecule has 1 amide bonds. The zero-order valence-corrected chi connectivity index (χ0v) is 16.9. The average molecular weight is 429 g/mol. The van der Waals surface area contributed by atoms with Gasteiger partial charge in [-0.05, 0) is 52.4 Å². The van der Waals surface area contributed by atoms with Gasteiger partial charge in [0.05, 0.1) is 11.7 Å². The summed E-state index contributed by atoms with van der Waals surface area (Å²) in [5.41, 5.74) is 2.13. The number of nitrogens with one attached hydrogen (secondary N) is 1. The number of thiophene rings is 1. The van der Waals surface area contributed by atoms with E-state index in [2.05, 4.69) is 14.1 Å². The Labute approximate surface area is 171 Å². The van der Waals surface area contributed by atoms with E-state index in [4.69, 9.17) is 0 Å². The van der Waals surface area contributed by atoms with Crippen molar-refractivity contribution in [2.75, 3.05) is 5.32 Å². The van der Waals surface area contributed by atoms with Crippen LogP contribution in [-0.4, -0.2) is 23.4 Å². The minimum Gasteiger partial charge on any atom is -0.771 e. The Kier molecular flexibility index (Phi) is 5.31. The molecule has 2 unspecified atom stereocenters. The van der Waals surface area contributed by atoms with E-state index in [0.29, 0.717) is 22.3 Å². The summed E-state index contributed by atoms with van der Waals surface area (Å²) in [5.74, 6) is -0.608. The lowest BCUT2D eigenvalue weighted by Gasteiger charge is -2.34. The molecule has 2 aromatic heterocycles. The van der Waals surface area contributed by atoms with E-state index < -0.39 is 21.7 Å². The topological polar surface area (TPSA) is 95.0 Å². The second-order valence-corrected chi connectivity index (χ2v) is 8.83. The van der Waals surface area contributed by atoms with Crippen LogP contribution in [0, 0.1) is 0 Å². The molecule has 0 bridgehead atoms. The number of amides is 1. The lowest BCUT2D eigenvalue weighted by atomic mass is 9.92. The monoisotopic (exact) mass is 428 g/mol. The molecule has 0 spiro atoms. The third-order valence-corrected chi connectivity index (χ3v) is 6.97. The number of nitrogens with zero attached hydrogens (tertiary/aromatic N) is 2. The highest BCUT2D eigenvalue weighted by atomic mass is 32.2. The van der Waals surface area contributed by atoms with Gasteiger partial charge in [-0.3, -0.25) is 9.00 Å². The predicted molar refractivity (Wildman–Crippen MR) is 111 cm³/mol. The number of anilines is 1. The molecule has 6 nitrogen and oxygen atoms in total. The van der Waals surface area contributed by atoms with Crippen LogP contribution in [0.5, 0.6) is 0 Å². The number of fused-ring (bicyclic) bond motifs is 1. The smallest absolute Gasteiger partial charge is 0.246 e. The minimum absolute atomic E-state index is 0.0303. The van der Waals surface area contributed by atoms with Gasteiger partial charge in [-0.15, -0.1) is 11.3 Å². The summed E-state index contributed by atoms with van der Waals surface area (Å²) in [6.07, 6.45) is 0.0303. The number of carbonyl (C=O) groups is 1. The van der Waals surface area contributed by atoms with Gasteiger partial charge in [-0.25, -0.2) is 0 Å². The quantitative estimate of drug-likeness (QED) is 0.473. The van der Waals surface area contributed by atoms with Crippen molar-refractivity contribution < 1.29 is 13.6 Å². The second kappa shape index (κ2) is 7.88. The van der Waals surface area contributed by atoms with Crippen molar-refractivity contribution in [1.82, 2.24) is 8.75 Å². The molecule has 2 heterocycles. The molecule has 2 aromatic carbocycles. The lowest BCUT2D eigenvalue weighted by molar-refractivity contribution is -0.118. The van der Waals surface area contributed by atoms with Gasteiger partial charge in [0, 0.05) is 17.0 Å². The third-order valence-electron chi connectivity index (χ3n) is 4.41. The fourth-order valence-corrected chi connectivity index (χ4v) is 5.18. The van der Waals surface area contributed by atoms with Gasteiger partial charge in [-0.2, -0.15) is 8.75 Å². The maximum Gasteiger partial charge on any atom is 0.246 e. The van der Waals surface area contributed by atoms with Crippen LogP contribution in [-0.2, 0) is 27.0 Å². The molecule has 0 saturated heterocycles. The third kappa shape index (κ3) is 3.49. The molecule has 0 saturated carbocycles. The standard InChI is InChI=1S/C19H15N3O3S3/c23-18(20-14-5-2-1-3-6-14)19(28(24)25,12-15-7-4-10-26-15)13-8-9-16-17(11-13)22-27-21-16/h1-11H,12H2,(H,20,23)(H,24,25)/p-1. The largest absolute Gasteiger partial charge is 0.771 e. The Bertz CT molecular complexity index is 1130. The molecule has 0 aliphatic rings. The van der Waals surface area contributed by atoms with Crippen LogP contribution in [0.2, 0.25) is 0 Å². The molecule has 0 aliphatic heterocycles. The van der Waals surface area contributed by atoms with Crippen LogP contribution < -0.4 is 5.32 Å². The van der Waals surface area contributed by atoms with Crippen molar-refractivity contribution >= 4 is 56.8 Å². The fraction of sp³-hybridized carbons (Fsp3) is 0.105. The summed E-state index contributed by atoms with van der Waals surface area (Å²) >= 11 is -0.276. The molecule has 28 heavy (non-hydrogen) atoms. The van der Waals surface area contributed by atoms with Crippen molar-refractivity contribution in [3.63, 3.8) is 0 Å². The number of aromatic nitrogens is 2. The van der Waals surface area contributed by atoms with Crippen molar-refractivity contribution in [2.45, 2.75) is 11.2 Å². The van der Waals surface area contributed by atoms with E-state index >= 15 is 0 Å². The normalized spacial score (nSPS) is 14.5. The highest BCUT2D eigenvalue weighted by Gasteiger charge is 2.43.